The zero-order valence-corrected chi connectivity index (χ0v) is 18.7. The van der Waals surface area contributed by atoms with Crippen molar-refractivity contribution in [3.63, 3.8) is 0 Å². The van der Waals surface area contributed by atoms with E-state index in [1.807, 2.05) is 0 Å². The summed E-state index contributed by atoms with van der Waals surface area (Å²) in [6.45, 7) is 0.381. The Hall–Kier alpha value is -1.56. The number of amides is 1. The number of hydrogen-bond donors (Lipinski definition) is 1. The number of aromatic nitrogens is 2. The summed E-state index contributed by atoms with van der Waals surface area (Å²) in [5.41, 5.74) is 0.541. The lowest BCUT2D eigenvalue weighted by Gasteiger charge is -2.21. The van der Waals surface area contributed by atoms with E-state index in [-0.39, 0.29) is 9.22 Å². The number of rotatable bonds is 5. The highest BCUT2D eigenvalue weighted by molar-refractivity contribution is 7.91. The number of nitrogens with one attached hydrogen (secondary N) is 1. The van der Waals surface area contributed by atoms with Gasteiger partial charge >= 0.3 is 0 Å². The second kappa shape index (κ2) is 8.29. The third-order valence-electron chi connectivity index (χ3n) is 4.32. The van der Waals surface area contributed by atoms with Gasteiger partial charge in [-0.15, -0.1) is 21.5 Å². The molecule has 4 rings (SSSR count). The smallest absolute Gasteiger partial charge is 0.286 e. The summed E-state index contributed by atoms with van der Waals surface area (Å²) in [7, 11) is -3.69. The number of carbonyl (C=O) groups excluding carboxylic acids is 1. The zero-order valence-electron chi connectivity index (χ0n) is 14.7. The van der Waals surface area contributed by atoms with Crippen molar-refractivity contribution in [1.29, 1.82) is 0 Å². The van der Waals surface area contributed by atoms with Crippen LogP contribution in [0.2, 0.25) is 9.36 Å². The molecule has 0 radical (unpaired) electrons. The summed E-state index contributed by atoms with van der Waals surface area (Å²) in [5.74, 6) is -0.423. The molecule has 3 aromatic rings. The fraction of sp³-hybridized carbons (Fsp3) is 0.235. The summed E-state index contributed by atoms with van der Waals surface area (Å²) >= 11 is 13.9. The van der Waals surface area contributed by atoms with E-state index in [2.05, 4.69) is 15.5 Å². The Bertz CT molecular complexity index is 1160. The second-order valence-electron chi connectivity index (χ2n) is 6.24. The molecule has 1 aliphatic heterocycles. The first kappa shape index (κ1) is 20.7. The Morgan fingerprint density at radius 3 is 2.72 bits per heavy atom. The molecule has 29 heavy (non-hydrogen) atoms. The quantitative estimate of drug-likeness (QED) is 0.562. The van der Waals surface area contributed by atoms with Crippen molar-refractivity contribution in [3.8, 4) is 0 Å². The van der Waals surface area contributed by atoms with E-state index < -0.39 is 22.0 Å². The lowest BCUT2D eigenvalue weighted by atomic mass is 10.2. The molecular weight excluding hydrogens is 475 g/mol. The minimum absolute atomic E-state index is 0.156. The molecule has 0 aliphatic carbocycles. The van der Waals surface area contributed by atoms with Crippen molar-refractivity contribution in [3.05, 3.63) is 55.8 Å². The predicted octanol–water partition coefficient (Wildman–Crippen LogP) is 4.68. The number of thiophene rings is 1. The maximum atomic E-state index is 13.0. The molecule has 0 saturated carbocycles. The maximum absolute atomic E-state index is 13.0. The van der Waals surface area contributed by atoms with Gasteiger partial charge in [-0.05, 0) is 43.2 Å². The first-order chi connectivity index (χ1) is 13.8. The van der Waals surface area contributed by atoms with Crippen LogP contribution >= 0.6 is 45.9 Å². The Labute approximate surface area is 185 Å². The van der Waals surface area contributed by atoms with Crippen molar-refractivity contribution < 1.29 is 13.2 Å². The van der Waals surface area contributed by atoms with Crippen LogP contribution in [0.1, 0.15) is 33.7 Å². The van der Waals surface area contributed by atoms with Crippen molar-refractivity contribution in [2.24, 2.45) is 0 Å². The molecule has 7 nitrogen and oxygen atoms in total. The molecule has 2 aromatic heterocycles. The van der Waals surface area contributed by atoms with Crippen LogP contribution in [0, 0.1) is 0 Å². The molecule has 1 aromatic carbocycles. The Morgan fingerprint density at radius 2 is 2.00 bits per heavy atom. The number of sulfonamides is 1. The van der Waals surface area contributed by atoms with Crippen LogP contribution in [0.4, 0.5) is 5.69 Å². The summed E-state index contributed by atoms with van der Waals surface area (Å²) in [4.78, 5) is 12.5. The molecule has 152 valence electrons. The molecule has 0 bridgehead atoms. The van der Waals surface area contributed by atoms with Crippen molar-refractivity contribution >= 4 is 67.5 Å². The maximum Gasteiger partial charge on any atom is 0.286 e. The third kappa shape index (κ3) is 4.32. The Balaban J connectivity index is 1.54. The number of anilines is 1. The van der Waals surface area contributed by atoms with Gasteiger partial charge in [-0.2, -0.15) is 4.31 Å². The molecule has 3 heterocycles. The molecule has 1 atom stereocenters. The average molecular weight is 489 g/mol. The van der Waals surface area contributed by atoms with E-state index in [0.29, 0.717) is 39.4 Å². The Kier molecular flexibility index (Phi) is 5.92. The SMILES string of the molecule is O=C(Nc1cccc(Cl)c1)c1nnc(C2CCCN2S(=O)(=O)c2ccc(Cl)s2)s1. The van der Waals surface area contributed by atoms with Gasteiger partial charge in [0.1, 0.15) is 9.22 Å². The monoisotopic (exact) mass is 488 g/mol. The normalized spacial score (nSPS) is 17.5. The molecule has 12 heteroatoms. The highest BCUT2D eigenvalue weighted by atomic mass is 35.5. The van der Waals surface area contributed by atoms with Gasteiger partial charge in [0.25, 0.3) is 15.9 Å². The molecule has 1 N–H and O–H groups in total. The molecule has 1 fully saturated rings. The van der Waals surface area contributed by atoms with Crippen LogP contribution in [-0.4, -0.2) is 35.4 Å². The van der Waals surface area contributed by atoms with E-state index in [1.54, 1.807) is 30.3 Å². The molecule has 1 saturated heterocycles. The van der Waals surface area contributed by atoms with E-state index in [0.717, 1.165) is 22.7 Å². The number of nitrogens with zero attached hydrogens (tertiary/aromatic N) is 3. The van der Waals surface area contributed by atoms with Crippen LogP contribution in [0.25, 0.3) is 0 Å². The number of halogens is 2. The van der Waals surface area contributed by atoms with Gasteiger partial charge in [0.15, 0.2) is 0 Å². The lowest BCUT2D eigenvalue weighted by Crippen LogP contribution is -2.30. The lowest BCUT2D eigenvalue weighted by molar-refractivity contribution is 0.102. The highest BCUT2D eigenvalue weighted by Gasteiger charge is 2.39. The summed E-state index contributed by atoms with van der Waals surface area (Å²) < 4.78 is 28.0. The fourth-order valence-corrected chi connectivity index (χ4v) is 7.45. The van der Waals surface area contributed by atoms with E-state index in [4.69, 9.17) is 23.2 Å². The van der Waals surface area contributed by atoms with Crippen molar-refractivity contribution in [2.75, 3.05) is 11.9 Å². The van der Waals surface area contributed by atoms with Crippen molar-refractivity contribution in [2.45, 2.75) is 23.1 Å². The van der Waals surface area contributed by atoms with Gasteiger partial charge in [-0.25, -0.2) is 8.42 Å². The van der Waals surface area contributed by atoms with E-state index in [1.165, 1.54) is 10.4 Å². The summed E-state index contributed by atoms with van der Waals surface area (Å²) in [6, 6.07) is 9.38. The standard InChI is InChI=1S/C17H14Cl2N4O3S3/c18-10-3-1-4-11(9-10)20-15(24)17-22-21-16(28-17)12-5-2-8-23(12)29(25,26)14-7-6-13(19)27-14/h1,3-4,6-7,9,12H,2,5,8H2,(H,20,24). The zero-order chi connectivity index (χ0) is 20.6. The van der Waals surface area contributed by atoms with E-state index >= 15 is 0 Å². The largest absolute Gasteiger partial charge is 0.320 e. The van der Waals surface area contributed by atoms with Gasteiger partial charge < -0.3 is 5.32 Å². The number of benzene rings is 1. The first-order valence-electron chi connectivity index (χ1n) is 8.52. The van der Waals surface area contributed by atoms with Crippen LogP contribution < -0.4 is 5.32 Å². The molecule has 0 spiro atoms. The van der Waals surface area contributed by atoms with Gasteiger partial charge in [0.2, 0.25) is 5.01 Å². The van der Waals surface area contributed by atoms with E-state index in [9.17, 15) is 13.2 Å². The van der Waals surface area contributed by atoms with Crippen molar-refractivity contribution in [1.82, 2.24) is 14.5 Å². The first-order valence-corrected chi connectivity index (χ1v) is 12.3. The number of carbonyl (C=O) groups is 1. The van der Waals surface area contributed by atoms with Crippen LogP contribution in [0.3, 0.4) is 0 Å². The van der Waals surface area contributed by atoms with Gasteiger partial charge in [0.05, 0.1) is 10.4 Å². The molecule has 1 amide bonds. The molecule has 1 aliphatic rings. The average Bonchev–Trinajstić information content (AvgIpc) is 3.41. The second-order valence-corrected chi connectivity index (χ2v) is 11.5. The third-order valence-corrected chi connectivity index (χ3v) is 9.18. The number of hydrogen-bond acceptors (Lipinski definition) is 7. The molecule has 1 unspecified atom stereocenters. The Morgan fingerprint density at radius 1 is 1.17 bits per heavy atom. The minimum Gasteiger partial charge on any atom is -0.320 e. The molecular formula is C17H14Cl2N4O3S3. The fourth-order valence-electron chi connectivity index (χ4n) is 3.04. The van der Waals surface area contributed by atoms with Gasteiger partial charge in [0, 0.05) is 17.3 Å². The van der Waals surface area contributed by atoms with Crippen LogP contribution in [0.15, 0.2) is 40.6 Å². The van der Waals surface area contributed by atoms with Crippen LogP contribution in [-0.2, 0) is 10.0 Å². The predicted molar refractivity (Wildman–Crippen MR) is 115 cm³/mol. The minimum atomic E-state index is -3.69. The highest BCUT2D eigenvalue weighted by Crippen LogP contribution is 2.39. The summed E-state index contributed by atoms with van der Waals surface area (Å²) in [6.07, 6.45) is 1.31. The van der Waals surface area contributed by atoms with Gasteiger partial charge in [-0.3, -0.25) is 4.79 Å². The topological polar surface area (TPSA) is 92.3 Å². The summed E-state index contributed by atoms with van der Waals surface area (Å²) in [5, 5.41) is 11.9. The van der Waals surface area contributed by atoms with Crippen LogP contribution in [0.5, 0.6) is 0 Å². The van der Waals surface area contributed by atoms with Gasteiger partial charge in [-0.1, -0.05) is 40.6 Å².